The van der Waals surface area contributed by atoms with Crippen molar-refractivity contribution in [3.63, 3.8) is 0 Å². The van der Waals surface area contributed by atoms with Gasteiger partial charge in [-0.2, -0.15) is 0 Å². The summed E-state index contributed by atoms with van der Waals surface area (Å²) in [5.41, 5.74) is -0.913. The quantitative estimate of drug-likeness (QED) is 0.178. The first-order chi connectivity index (χ1) is 21.7. The molecule has 10 heteroatoms. The van der Waals surface area contributed by atoms with Gasteiger partial charge in [0.2, 0.25) is 0 Å². The van der Waals surface area contributed by atoms with Gasteiger partial charge in [0, 0.05) is 34.0 Å². The van der Waals surface area contributed by atoms with Crippen LogP contribution < -0.4 is 0 Å². The van der Waals surface area contributed by atoms with Crippen molar-refractivity contribution in [1.82, 2.24) is 0 Å². The molecule has 0 amide bonds. The lowest BCUT2D eigenvalue weighted by atomic mass is 9.42. The van der Waals surface area contributed by atoms with Gasteiger partial charge in [0.05, 0.1) is 25.2 Å². The van der Waals surface area contributed by atoms with Crippen molar-refractivity contribution in [2.75, 3.05) is 20.3 Å². The molecule has 8 aliphatic rings. The lowest BCUT2D eigenvalue weighted by Crippen LogP contribution is -2.67. The van der Waals surface area contributed by atoms with Crippen molar-refractivity contribution in [2.45, 2.75) is 77.6 Å². The molecule has 0 saturated heterocycles. The van der Waals surface area contributed by atoms with E-state index in [1.807, 2.05) is 6.92 Å². The lowest BCUT2D eigenvalue weighted by molar-refractivity contribution is -0.191. The van der Waals surface area contributed by atoms with E-state index in [2.05, 4.69) is 6.92 Å². The van der Waals surface area contributed by atoms with E-state index in [0.717, 1.165) is 24.0 Å². The SMILES string of the molecule is C/C=C(\C)C(=O)OC[C@]1(O)[C@H]2C[C@H]2[C@]2(C)[C@@H]3CC4=C5[C@H](/C(=C(\C)C(=O)OC)C(=O)[C@H](O)[C@@]5(C)[C@@H]5C[C@H]45)[C@@]34OC(=O)C(CO)=C4C[C@@H]12. The van der Waals surface area contributed by atoms with Gasteiger partial charge in [-0.3, -0.25) is 4.79 Å². The molecule has 0 radical (unpaired) electrons. The molecule has 1 heterocycles. The average Bonchev–Trinajstić information content (AvgIpc) is 3.95. The van der Waals surface area contributed by atoms with Crippen molar-refractivity contribution in [1.29, 1.82) is 0 Å². The topological polar surface area (TPSA) is 157 Å². The molecule has 3 N–H and O–H groups in total. The minimum absolute atomic E-state index is 0.0493. The van der Waals surface area contributed by atoms with Crippen molar-refractivity contribution in [3.8, 4) is 0 Å². The third-order valence-electron chi connectivity index (χ3n) is 14.3. The summed E-state index contributed by atoms with van der Waals surface area (Å²) in [7, 11) is 1.24. The standard InChI is InChI=1S/C36H42O10/c1-7-14(2)30(40)45-13-35(43)22-10-21(22)33(4)23(35)11-20-18(12-37)32(42)46-36(20)24(33)9-17-16-8-19(16)34(5)26(17)27(36)25(28(38)29(34)39)15(3)31(41)44-6/h7,16,19,21-24,27,29,37,39,43H,8-13H2,1-6H3/b14-7+,25-15-/t16-,19-,21-,22+,23-,24+,27+,29+,33+,34+,35+,36+/m1/s1. The smallest absolute Gasteiger partial charge is 0.337 e. The molecule has 1 aliphatic heterocycles. The zero-order valence-corrected chi connectivity index (χ0v) is 27.1. The fraction of sp³-hybridized carbons (Fsp3) is 0.667. The summed E-state index contributed by atoms with van der Waals surface area (Å²) in [6.07, 6.45) is 2.62. The number of ether oxygens (including phenoxy) is 3. The summed E-state index contributed by atoms with van der Waals surface area (Å²) < 4.78 is 17.4. The molecule has 8 rings (SSSR count). The van der Waals surface area contributed by atoms with Crippen molar-refractivity contribution in [3.05, 3.63) is 45.1 Å². The predicted octanol–water partition coefficient (Wildman–Crippen LogP) is 2.51. The van der Waals surface area contributed by atoms with E-state index in [0.29, 0.717) is 17.6 Å². The maximum atomic E-state index is 14.4. The zero-order valence-electron chi connectivity index (χ0n) is 27.1. The van der Waals surface area contributed by atoms with Crippen molar-refractivity contribution < 1.29 is 48.7 Å². The van der Waals surface area contributed by atoms with Crippen molar-refractivity contribution >= 4 is 23.7 Å². The van der Waals surface area contributed by atoms with E-state index < -0.39 is 76.2 Å². The van der Waals surface area contributed by atoms with Crippen LogP contribution in [0.4, 0.5) is 0 Å². The number of allylic oxidation sites excluding steroid dienone is 2. The number of esters is 3. The number of hydrogen-bond acceptors (Lipinski definition) is 10. The van der Waals surface area contributed by atoms with Gasteiger partial charge in [0.25, 0.3) is 0 Å². The number of methoxy groups -OCH3 is 1. The fourth-order valence-corrected chi connectivity index (χ4v) is 12.0. The number of fused-ring (bicyclic) bond motifs is 7. The van der Waals surface area contributed by atoms with Gasteiger partial charge in [0.15, 0.2) is 5.78 Å². The Morgan fingerprint density at radius 2 is 1.76 bits per heavy atom. The second kappa shape index (κ2) is 9.08. The minimum Gasteiger partial charge on any atom is -0.466 e. The summed E-state index contributed by atoms with van der Waals surface area (Å²) in [6, 6.07) is 0. The monoisotopic (exact) mass is 634 g/mol. The maximum Gasteiger partial charge on any atom is 0.337 e. The van der Waals surface area contributed by atoms with Crippen LogP contribution in [-0.2, 0) is 33.4 Å². The summed E-state index contributed by atoms with van der Waals surface area (Å²) in [4.78, 5) is 54.0. The van der Waals surface area contributed by atoms with Gasteiger partial charge >= 0.3 is 17.9 Å². The van der Waals surface area contributed by atoms with E-state index in [9.17, 15) is 34.5 Å². The molecule has 5 fully saturated rings. The molecule has 5 saturated carbocycles. The number of ketones is 1. The first kappa shape index (κ1) is 30.3. The van der Waals surface area contributed by atoms with Gasteiger partial charge in [-0.15, -0.1) is 0 Å². The molecular formula is C36H42O10. The van der Waals surface area contributed by atoms with E-state index >= 15 is 0 Å². The van der Waals surface area contributed by atoms with Gasteiger partial charge < -0.3 is 29.5 Å². The van der Waals surface area contributed by atoms with Gasteiger partial charge in [-0.25, -0.2) is 14.4 Å². The van der Waals surface area contributed by atoms with Crippen LogP contribution in [0, 0.1) is 52.3 Å². The normalized spacial score (nSPS) is 48.5. The summed E-state index contributed by atoms with van der Waals surface area (Å²) >= 11 is 0. The average molecular weight is 635 g/mol. The van der Waals surface area contributed by atoms with Crippen LogP contribution in [0.5, 0.6) is 0 Å². The minimum atomic E-state index is -1.39. The van der Waals surface area contributed by atoms with Gasteiger partial charge in [-0.1, -0.05) is 25.5 Å². The number of rotatable bonds is 5. The Balaban J connectivity index is 1.36. The fourth-order valence-electron chi connectivity index (χ4n) is 12.0. The molecule has 12 atom stereocenters. The Morgan fingerprint density at radius 1 is 1.04 bits per heavy atom. The molecule has 10 nitrogen and oxygen atoms in total. The van der Waals surface area contributed by atoms with Crippen LogP contribution >= 0.6 is 0 Å². The Labute approximate surface area is 267 Å². The van der Waals surface area contributed by atoms with Crippen LogP contribution in [-0.4, -0.2) is 76.6 Å². The van der Waals surface area contributed by atoms with E-state index in [1.165, 1.54) is 14.0 Å². The molecule has 7 aliphatic carbocycles. The lowest BCUT2D eigenvalue weighted by Gasteiger charge is -2.63. The summed E-state index contributed by atoms with van der Waals surface area (Å²) in [5.74, 6) is -3.92. The second-order valence-corrected chi connectivity index (χ2v) is 15.6. The van der Waals surface area contributed by atoms with E-state index in [1.54, 1.807) is 19.9 Å². The highest BCUT2D eigenvalue weighted by Gasteiger charge is 2.84. The number of aliphatic hydroxyl groups is 3. The first-order valence-corrected chi connectivity index (χ1v) is 16.5. The summed E-state index contributed by atoms with van der Waals surface area (Å²) in [5, 5.41) is 34.8. The van der Waals surface area contributed by atoms with E-state index in [-0.39, 0.29) is 53.4 Å². The number of aliphatic hydroxyl groups excluding tert-OH is 2. The predicted molar refractivity (Wildman–Crippen MR) is 160 cm³/mol. The van der Waals surface area contributed by atoms with Crippen LogP contribution in [0.3, 0.4) is 0 Å². The maximum absolute atomic E-state index is 14.4. The van der Waals surface area contributed by atoms with E-state index in [4.69, 9.17) is 14.2 Å². The molecule has 0 aromatic heterocycles. The Hall–Kier alpha value is -3.08. The van der Waals surface area contributed by atoms with Crippen molar-refractivity contribution in [2.24, 2.45) is 52.3 Å². The highest BCUT2D eigenvalue weighted by molar-refractivity contribution is 6.09. The molecule has 0 aromatic carbocycles. The first-order valence-electron chi connectivity index (χ1n) is 16.5. The van der Waals surface area contributed by atoms with Gasteiger partial charge in [-0.05, 0) is 86.7 Å². The number of hydrogen-bond donors (Lipinski definition) is 3. The molecule has 246 valence electrons. The Morgan fingerprint density at radius 3 is 2.41 bits per heavy atom. The number of Topliss-reactive ketones (excluding diaryl/α,β-unsaturated/α-hetero) is 1. The molecule has 0 unspecified atom stereocenters. The highest BCUT2D eigenvalue weighted by atomic mass is 16.6. The van der Waals surface area contributed by atoms with Crippen LogP contribution in [0.15, 0.2) is 45.1 Å². The third-order valence-corrected chi connectivity index (χ3v) is 14.3. The number of carbonyl (C=O) groups is 4. The molecule has 46 heavy (non-hydrogen) atoms. The van der Waals surface area contributed by atoms with Crippen LogP contribution in [0.1, 0.15) is 60.3 Å². The Kier molecular flexibility index (Phi) is 5.97. The third kappa shape index (κ3) is 3.15. The van der Waals surface area contributed by atoms with Gasteiger partial charge in [0.1, 0.15) is 23.9 Å². The zero-order chi connectivity index (χ0) is 33.0. The second-order valence-electron chi connectivity index (χ2n) is 15.6. The summed E-state index contributed by atoms with van der Waals surface area (Å²) in [6.45, 7) is 8.25. The molecular weight excluding hydrogens is 592 g/mol. The molecule has 0 bridgehead atoms. The largest absolute Gasteiger partial charge is 0.466 e. The molecule has 1 spiro atoms. The molecule has 0 aromatic rings. The van der Waals surface area contributed by atoms with Crippen LogP contribution in [0.2, 0.25) is 0 Å². The number of carbonyl (C=O) groups excluding carboxylic acids is 4. The Bertz CT molecular complexity index is 1680. The highest BCUT2D eigenvalue weighted by Crippen LogP contribution is 2.83. The van der Waals surface area contributed by atoms with Crippen LogP contribution in [0.25, 0.3) is 0 Å².